The Morgan fingerprint density at radius 2 is 1.82 bits per heavy atom. The van der Waals surface area contributed by atoms with Crippen LogP contribution in [-0.4, -0.2) is 12.5 Å². The van der Waals surface area contributed by atoms with Gasteiger partial charge in [-0.25, -0.2) is 0 Å². The molecular formula is C22H20Cl2N2O2. The molecule has 3 aromatic rings. The third kappa shape index (κ3) is 5.91. The zero-order valence-electron chi connectivity index (χ0n) is 15.3. The van der Waals surface area contributed by atoms with Gasteiger partial charge >= 0.3 is 0 Å². The van der Waals surface area contributed by atoms with E-state index >= 15 is 0 Å². The molecule has 3 rings (SSSR count). The van der Waals surface area contributed by atoms with Gasteiger partial charge in [-0.05, 0) is 60.5 Å². The van der Waals surface area contributed by atoms with Crippen LogP contribution in [0.4, 0.5) is 11.4 Å². The summed E-state index contributed by atoms with van der Waals surface area (Å²) in [5.41, 5.74) is 3.64. The van der Waals surface area contributed by atoms with E-state index in [1.165, 1.54) is 0 Å². The Morgan fingerprint density at radius 1 is 1.00 bits per heavy atom. The summed E-state index contributed by atoms with van der Waals surface area (Å²) in [6.07, 6.45) is 0. The zero-order chi connectivity index (χ0) is 19.9. The molecule has 28 heavy (non-hydrogen) atoms. The Bertz CT molecular complexity index is 976. The zero-order valence-corrected chi connectivity index (χ0v) is 16.8. The molecule has 3 aromatic carbocycles. The van der Waals surface area contributed by atoms with E-state index < -0.39 is 0 Å². The number of benzene rings is 3. The van der Waals surface area contributed by atoms with Crippen LogP contribution in [0.15, 0.2) is 66.7 Å². The van der Waals surface area contributed by atoms with E-state index in [9.17, 15) is 4.79 Å². The minimum atomic E-state index is -0.206. The standard InChI is InChI=1S/C22H20Cl2N2O2/c1-15-4-2-6-18(10-15)26-22(27)14-28-19-7-3-5-16(11-19)13-25-21-9-8-17(23)12-20(21)24/h2-12,25H,13-14H2,1H3,(H,26,27). The molecule has 6 heteroatoms. The minimum Gasteiger partial charge on any atom is -0.484 e. The number of rotatable bonds is 7. The molecule has 0 bridgehead atoms. The van der Waals surface area contributed by atoms with Crippen molar-refractivity contribution >= 4 is 40.5 Å². The largest absolute Gasteiger partial charge is 0.484 e. The third-order valence-electron chi connectivity index (χ3n) is 3.98. The van der Waals surface area contributed by atoms with Crippen molar-refractivity contribution in [2.45, 2.75) is 13.5 Å². The maximum absolute atomic E-state index is 12.1. The summed E-state index contributed by atoms with van der Waals surface area (Å²) in [6.45, 7) is 2.48. The van der Waals surface area contributed by atoms with Crippen molar-refractivity contribution in [3.8, 4) is 5.75 Å². The molecule has 0 atom stereocenters. The molecule has 144 valence electrons. The fourth-order valence-electron chi connectivity index (χ4n) is 2.64. The molecule has 0 saturated heterocycles. The van der Waals surface area contributed by atoms with E-state index in [1.807, 2.05) is 61.5 Å². The number of hydrogen-bond donors (Lipinski definition) is 2. The average molecular weight is 415 g/mol. The van der Waals surface area contributed by atoms with Gasteiger partial charge in [0, 0.05) is 17.3 Å². The highest BCUT2D eigenvalue weighted by Crippen LogP contribution is 2.26. The molecule has 1 amide bonds. The number of halogens is 2. The summed E-state index contributed by atoms with van der Waals surface area (Å²) in [4.78, 5) is 12.1. The number of nitrogens with one attached hydrogen (secondary N) is 2. The topological polar surface area (TPSA) is 50.4 Å². The summed E-state index contributed by atoms with van der Waals surface area (Å²) >= 11 is 12.1. The van der Waals surface area contributed by atoms with Gasteiger partial charge in [-0.3, -0.25) is 4.79 Å². The van der Waals surface area contributed by atoms with Crippen LogP contribution < -0.4 is 15.4 Å². The first kappa shape index (κ1) is 20.1. The van der Waals surface area contributed by atoms with Gasteiger partial charge in [0.15, 0.2) is 6.61 Å². The van der Waals surface area contributed by atoms with Gasteiger partial charge in [0.05, 0.1) is 10.7 Å². The normalized spacial score (nSPS) is 10.4. The lowest BCUT2D eigenvalue weighted by molar-refractivity contribution is -0.118. The van der Waals surface area contributed by atoms with Gasteiger partial charge in [-0.1, -0.05) is 47.5 Å². The van der Waals surface area contributed by atoms with Gasteiger partial charge in [0.2, 0.25) is 0 Å². The number of aryl methyl sites for hydroxylation is 1. The predicted molar refractivity (Wildman–Crippen MR) is 116 cm³/mol. The molecule has 0 fully saturated rings. The summed E-state index contributed by atoms with van der Waals surface area (Å²) in [7, 11) is 0. The maximum atomic E-state index is 12.1. The van der Waals surface area contributed by atoms with Gasteiger partial charge in [0.1, 0.15) is 5.75 Å². The van der Waals surface area contributed by atoms with Crippen LogP contribution in [0, 0.1) is 6.92 Å². The first-order valence-electron chi connectivity index (χ1n) is 8.77. The fraction of sp³-hybridized carbons (Fsp3) is 0.136. The second-order valence-electron chi connectivity index (χ2n) is 6.33. The monoisotopic (exact) mass is 414 g/mol. The lowest BCUT2D eigenvalue weighted by Gasteiger charge is -2.11. The highest BCUT2D eigenvalue weighted by molar-refractivity contribution is 6.36. The number of ether oxygens (including phenoxy) is 1. The van der Waals surface area contributed by atoms with Crippen molar-refractivity contribution in [1.29, 1.82) is 0 Å². The number of anilines is 2. The molecule has 0 aliphatic rings. The Balaban J connectivity index is 1.53. The average Bonchev–Trinajstić information content (AvgIpc) is 2.66. The van der Waals surface area contributed by atoms with E-state index in [-0.39, 0.29) is 12.5 Å². The summed E-state index contributed by atoms with van der Waals surface area (Å²) in [5, 5.41) is 7.24. The molecule has 0 radical (unpaired) electrons. The summed E-state index contributed by atoms with van der Waals surface area (Å²) in [6, 6.07) is 20.5. The smallest absolute Gasteiger partial charge is 0.262 e. The van der Waals surface area contributed by atoms with Crippen LogP contribution in [0.3, 0.4) is 0 Å². The van der Waals surface area contributed by atoms with Crippen LogP contribution in [0.5, 0.6) is 5.75 Å². The van der Waals surface area contributed by atoms with Crippen molar-refractivity contribution < 1.29 is 9.53 Å². The summed E-state index contributed by atoms with van der Waals surface area (Å²) in [5.74, 6) is 0.419. The van der Waals surface area contributed by atoms with Gasteiger partial charge < -0.3 is 15.4 Å². The lowest BCUT2D eigenvalue weighted by atomic mass is 10.2. The van der Waals surface area contributed by atoms with Crippen LogP contribution in [0.2, 0.25) is 10.0 Å². The Morgan fingerprint density at radius 3 is 2.61 bits per heavy atom. The van der Waals surface area contributed by atoms with E-state index in [0.717, 1.165) is 22.5 Å². The van der Waals surface area contributed by atoms with Gasteiger partial charge in [-0.2, -0.15) is 0 Å². The van der Waals surface area contributed by atoms with Gasteiger partial charge in [0.25, 0.3) is 5.91 Å². The van der Waals surface area contributed by atoms with Crippen LogP contribution >= 0.6 is 23.2 Å². The van der Waals surface area contributed by atoms with Crippen molar-refractivity contribution in [3.05, 3.63) is 87.9 Å². The fourth-order valence-corrected chi connectivity index (χ4v) is 3.12. The second kappa shape index (κ2) is 9.49. The molecule has 0 heterocycles. The molecule has 4 nitrogen and oxygen atoms in total. The van der Waals surface area contributed by atoms with Crippen molar-refractivity contribution in [2.75, 3.05) is 17.2 Å². The first-order chi connectivity index (χ1) is 13.5. The van der Waals surface area contributed by atoms with Gasteiger partial charge in [-0.15, -0.1) is 0 Å². The van der Waals surface area contributed by atoms with Crippen LogP contribution in [0.25, 0.3) is 0 Å². The molecule has 0 saturated carbocycles. The van der Waals surface area contributed by atoms with Crippen molar-refractivity contribution in [2.24, 2.45) is 0 Å². The predicted octanol–water partition coefficient (Wildman–Crippen LogP) is 5.93. The van der Waals surface area contributed by atoms with E-state index in [0.29, 0.717) is 22.3 Å². The van der Waals surface area contributed by atoms with E-state index in [2.05, 4.69) is 10.6 Å². The molecule has 0 unspecified atom stereocenters. The maximum Gasteiger partial charge on any atom is 0.262 e. The second-order valence-corrected chi connectivity index (χ2v) is 7.18. The Labute approximate surface area is 174 Å². The number of amides is 1. The van der Waals surface area contributed by atoms with Crippen LogP contribution in [0.1, 0.15) is 11.1 Å². The Hall–Kier alpha value is -2.69. The van der Waals surface area contributed by atoms with Crippen molar-refractivity contribution in [3.63, 3.8) is 0 Å². The first-order valence-corrected chi connectivity index (χ1v) is 9.52. The van der Waals surface area contributed by atoms with E-state index in [1.54, 1.807) is 12.1 Å². The highest BCUT2D eigenvalue weighted by Gasteiger charge is 2.06. The molecule has 0 aromatic heterocycles. The third-order valence-corrected chi connectivity index (χ3v) is 4.53. The molecule has 2 N–H and O–H groups in total. The minimum absolute atomic E-state index is 0.0617. The highest BCUT2D eigenvalue weighted by atomic mass is 35.5. The van der Waals surface area contributed by atoms with Crippen molar-refractivity contribution in [1.82, 2.24) is 0 Å². The van der Waals surface area contributed by atoms with E-state index in [4.69, 9.17) is 27.9 Å². The number of carbonyl (C=O) groups is 1. The molecule has 0 spiro atoms. The number of carbonyl (C=O) groups excluding carboxylic acids is 1. The molecule has 0 aliphatic carbocycles. The Kier molecular flexibility index (Phi) is 6.80. The van der Waals surface area contributed by atoms with Crippen LogP contribution in [-0.2, 0) is 11.3 Å². The lowest BCUT2D eigenvalue weighted by Crippen LogP contribution is -2.20. The molecular weight excluding hydrogens is 395 g/mol. The SMILES string of the molecule is Cc1cccc(NC(=O)COc2cccc(CNc3ccc(Cl)cc3Cl)c2)c1. The quantitative estimate of drug-likeness (QED) is 0.503. The number of hydrogen-bond acceptors (Lipinski definition) is 3. The summed E-state index contributed by atoms with van der Waals surface area (Å²) < 4.78 is 5.62. The molecule has 0 aliphatic heterocycles.